The van der Waals surface area contributed by atoms with E-state index in [4.69, 9.17) is 5.26 Å². The first-order valence-electron chi connectivity index (χ1n) is 5.72. The van der Waals surface area contributed by atoms with Gasteiger partial charge in [0.15, 0.2) is 0 Å². The van der Waals surface area contributed by atoms with Crippen LogP contribution in [0.1, 0.15) is 30.5 Å². The fourth-order valence-corrected chi connectivity index (χ4v) is 1.94. The molecule has 1 aliphatic rings. The van der Waals surface area contributed by atoms with Crippen LogP contribution >= 0.6 is 0 Å². The first kappa shape index (κ1) is 11.2. The second-order valence-corrected chi connectivity index (χ2v) is 4.82. The van der Waals surface area contributed by atoms with E-state index < -0.39 is 0 Å². The van der Waals surface area contributed by atoms with E-state index in [0.717, 1.165) is 13.1 Å². The van der Waals surface area contributed by atoms with E-state index in [1.165, 1.54) is 24.1 Å². The largest absolute Gasteiger partial charge is 0.312 e. The van der Waals surface area contributed by atoms with Crippen LogP contribution in [0.4, 0.5) is 0 Å². The molecule has 0 bridgehead atoms. The van der Waals surface area contributed by atoms with Gasteiger partial charge in [-0.25, -0.2) is 0 Å². The number of hydrogen-bond donors (Lipinski definition) is 1. The van der Waals surface area contributed by atoms with Crippen LogP contribution in [0, 0.1) is 23.7 Å². The maximum atomic E-state index is 8.71. The molecule has 1 aromatic heterocycles. The lowest BCUT2D eigenvalue weighted by atomic mass is 10.0. The summed E-state index contributed by atoms with van der Waals surface area (Å²) in [5, 5.41) is 16.4. The smallest absolute Gasteiger partial charge is 0.0628 e. The van der Waals surface area contributed by atoms with Crippen LogP contribution in [0.5, 0.6) is 0 Å². The molecule has 0 unspecified atom stereocenters. The lowest BCUT2D eigenvalue weighted by molar-refractivity contribution is 0.466. The summed E-state index contributed by atoms with van der Waals surface area (Å²) in [7, 11) is 1.96. The van der Waals surface area contributed by atoms with Crippen molar-refractivity contribution in [1.82, 2.24) is 15.1 Å². The molecule has 0 aromatic carbocycles. The van der Waals surface area contributed by atoms with E-state index >= 15 is 0 Å². The Morgan fingerprint density at radius 1 is 1.62 bits per heavy atom. The summed E-state index contributed by atoms with van der Waals surface area (Å²) < 4.78 is 1.89. The van der Waals surface area contributed by atoms with Crippen molar-refractivity contribution in [3.8, 4) is 6.07 Å². The molecule has 2 rings (SSSR count). The summed E-state index contributed by atoms with van der Waals surface area (Å²) in [6.45, 7) is 3.88. The van der Waals surface area contributed by atoms with Crippen LogP contribution in [0.25, 0.3) is 0 Å². The molecule has 0 saturated heterocycles. The van der Waals surface area contributed by atoms with E-state index in [1.54, 1.807) is 0 Å². The molecule has 16 heavy (non-hydrogen) atoms. The molecule has 0 atom stereocenters. The molecule has 4 nitrogen and oxygen atoms in total. The summed E-state index contributed by atoms with van der Waals surface area (Å²) in [5.74, 6) is 0. The molecular weight excluding hydrogens is 200 g/mol. The zero-order chi connectivity index (χ0) is 11.6. The molecule has 1 saturated carbocycles. The van der Waals surface area contributed by atoms with Gasteiger partial charge in [-0.3, -0.25) is 4.68 Å². The molecule has 4 heteroatoms. The van der Waals surface area contributed by atoms with Crippen LogP contribution in [-0.4, -0.2) is 16.3 Å². The van der Waals surface area contributed by atoms with E-state index in [-0.39, 0.29) is 5.41 Å². The first-order valence-corrected chi connectivity index (χ1v) is 5.72. The minimum absolute atomic E-state index is 0.283. The van der Waals surface area contributed by atoms with Crippen molar-refractivity contribution < 1.29 is 0 Å². The zero-order valence-corrected chi connectivity index (χ0v) is 9.95. The van der Waals surface area contributed by atoms with Crippen molar-refractivity contribution in [1.29, 1.82) is 5.26 Å². The summed E-state index contributed by atoms with van der Waals surface area (Å²) >= 11 is 0. The molecular formula is C12H18N4. The molecule has 0 radical (unpaired) electrons. The second kappa shape index (κ2) is 4.26. The Hall–Kier alpha value is -1.34. The van der Waals surface area contributed by atoms with E-state index in [9.17, 15) is 0 Å². The number of nitrogens with zero attached hydrogens (tertiary/aromatic N) is 3. The minimum Gasteiger partial charge on any atom is -0.312 e. The van der Waals surface area contributed by atoms with Gasteiger partial charge in [-0.2, -0.15) is 10.4 Å². The average Bonchev–Trinajstić information content (AvgIpc) is 2.95. The molecule has 1 fully saturated rings. The van der Waals surface area contributed by atoms with E-state index in [0.29, 0.717) is 6.42 Å². The quantitative estimate of drug-likeness (QED) is 0.815. The summed E-state index contributed by atoms with van der Waals surface area (Å²) in [6, 6.07) is 2.28. The fraction of sp³-hybridized carbons (Fsp3) is 0.667. The third-order valence-corrected chi connectivity index (χ3v) is 3.56. The van der Waals surface area contributed by atoms with Gasteiger partial charge in [0.25, 0.3) is 0 Å². The van der Waals surface area contributed by atoms with Crippen molar-refractivity contribution in [2.45, 2.75) is 32.7 Å². The SMILES string of the molecule is Cc1c(CNCC2(CC#N)CC2)cnn1C. The second-order valence-electron chi connectivity index (χ2n) is 4.82. The van der Waals surface area contributed by atoms with Crippen LogP contribution in [-0.2, 0) is 13.6 Å². The molecule has 86 valence electrons. The van der Waals surface area contributed by atoms with E-state index in [1.807, 2.05) is 17.9 Å². The van der Waals surface area contributed by atoms with Gasteiger partial charge in [0, 0.05) is 37.8 Å². The predicted molar refractivity (Wildman–Crippen MR) is 61.5 cm³/mol. The highest BCUT2D eigenvalue weighted by Crippen LogP contribution is 2.47. The Bertz CT molecular complexity index is 409. The highest BCUT2D eigenvalue weighted by molar-refractivity contribution is 5.15. The van der Waals surface area contributed by atoms with Gasteiger partial charge >= 0.3 is 0 Å². The van der Waals surface area contributed by atoms with Gasteiger partial charge in [0.2, 0.25) is 0 Å². The van der Waals surface area contributed by atoms with Gasteiger partial charge in [0.1, 0.15) is 0 Å². The number of hydrogen-bond acceptors (Lipinski definition) is 3. The maximum absolute atomic E-state index is 8.71. The Labute approximate surface area is 96.3 Å². The molecule has 0 amide bonds. The van der Waals surface area contributed by atoms with E-state index in [2.05, 4.69) is 23.4 Å². The lowest BCUT2D eigenvalue weighted by Gasteiger charge is -2.11. The van der Waals surface area contributed by atoms with Gasteiger partial charge in [-0.1, -0.05) is 0 Å². The number of aryl methyl sites for hydroxylation is 1. The number of nitriles is 1. The fourth-order valence-electron chi connectivity index (χ4n) is 1.94. The summed E-state index contributed by atoms with van der Waals surface area (Å²) in [6.07, 6.45) is 4.98. The van der Waals surface area contributed by atoms with Gasteiger partial charge in [-0.15, -0.1) is 0 Å². The van der Waals surface area contributed by atoms with Crippen molar-refractivity contribution in [2.24, 2.45) is 12.5 Å². The standard InChI is InChI=1S/C12H18N4/c1-10-11(8-15-16(10)2)7-14-9-12(3-4-12)5-6-13/h8,14H,3-5,7,9H2,1-2H3. The normalized spacial score (nSPS) is 17.1. The highest BCUT2D eigenvalue weighted by Gasteiger charge is 2.41. The molecule has 1 heterocycles. The van der Waals surface area contributed by atoms with Gasteiger partial charge < -0.3 is 5.32 Å². The van der Waals surface area contributed by atoms with Crippen molar-refractivity contribution >= 4 is 0 Å². The topological polar surface area (TPSA) is 53.6 Å². The summed E-state index contributed by atoms with van der Waals surface area (Å²) in [4.78, 5) is 0. The van der Waals surface area contributed by atoms with Crippen molar-refractivity contribution in [2.75, 3.05) is 6.54 Å². The summed E-state index contributed by atoms with van der Waals surface area (Å²) in [5.41, 5.74) is 2.73. The molecule has 0 spiro atoms. The molecule has 1 N–H and O–H groups in total. The minimum atomic E-state index is 0.283. The Balaban J connectivity index is 1.81. The first-order chi connectivity index (χ1) is 7.67. The maximum Gasteiger partial charge on any atom is 0.0628 e. The predicted octanol–water partition coefficient (Wildman–Crippen LogP) is 1.51. The monoisotopic (exact) mass is 218 g/mol. The van der Waals surface area contributed by atoms with Gasteiger partial charge in [0.05, 0.1) is 12.3 Å². The van der Waals surface area contributed by atoms with Crippen LogP contribution in [0.15, 0.2) is 6.20 Å². The third kappa shape index (κ3) is 2.25. The Kier molecular flexibility index (Phi) is 2.97. The molecule has 1 aromatic rings. The average molecular weight is 218 g/mol. The van der Waals surface area contributed by atoms with Crippen LogP contribution in [0.2, 0.25) is 0 Å². The Morgan fingerprint density at radius 2 is 2.38 bits per heavy atom. The number of aromatic nitrogens is 2. The van der Waals surface area contributed by atoms with Crippen molar-refractivity contribution in [3.05, 3.63) is 17.5 Å². The lowest BCUT2D eigenvalue weighted by Crippen LogP contribution is -2.23. The highest BCUT2D eigenvalue weighted by atomic mass is 15.3. The third-order valence-electron chi connectivity index (χ3n) is 3.56. The number of rotatable bonds is 5. The molecule has 1 aliphatic carbocycles. The Morgan fingerprint density at radius 3 is 2.88 bits per heavy atom. The zero-order valence-electron chi connectivity index (χ0n) is 9.95. The van der Waals surface area contributed by atoms with Crippen molar-refractivity contribution in [3.63, 3.8) is 0 Å². The van der Waals surface area contributed by atoms with Crippen LogP contribution in [0.3, 0.4) is 0 Å². The van der Waals surface area contributed by atoms with Crippen LogP contribution < -0.4 is 5.32 Å². The number of nitrogens with one attached hydrogen (secondary N) is 1. The van der Waals surface area contributed by atoms with Gasteiger partial charge in [-0.05, 0) is 25.2 Å². The molecule has 0 aliphatic heterocycles.